The van der Waals surface area contributed by atoms with Crippen LogP contribution in [0.4, 0.5) is 5.69 Å². The van der Waals surface area contributed by atoms with Crippen molar-refractivity contribution in [1.82, 2.24) is 4.90 Å². The molecule has 194 valence electrons. The fourth-order valence-corrected chi connectivity index (χ4v) is 4.31. The zero-order valence-corrected chi connectivity index (χ0v) is 21.4. The molecule has 0 bridgehead atoms. The highest BCUT2D eigenvalue weighted by Gasteiger charge is 2.19. The maximum Gasteiger partial charge on any atom is 0.185 e. The summed E-state index contributed by atoms with van der Waals surface area (Å²) in [6, 6.07) is 22.8. The summed E-state index contributed by atoms with van der Waals surface area (Å²) >= 11 is 0. The number of hydrogen-bond donors (Lipinski definition) is 1. The maximum absolute atomic E-state index is 12.6. The summed E-state index contributed by atoms with van der Waals surface area (Å²) in [4.78, 5) is 17.2. The Kier molecular flexibility index (Phi) is 9.18. The van der Waals surface area contributed by atoms with Gasteiger partial charge in [0.1, 0.15) is 18.5 Å². The Morgan fingerprint density at radius 2 is 1.62 bits per heavy atom. The summed E-state index contributed by atoms with van der Waals surface area (Å²) in [5, 5.41) is 10.5. The fraction of sp³-hybridized carbons (Fsp3) is 0.300. The summed E-state index contributed by atoms with van der Waals surface area (Å²) in [5.74, 6) is 1.75. The predicted molar refractivity (Wildman–Crippen MR) is 146 cm³/mol. The quantitative estimate of drug-likeness (QED) is 0.312. The first kappa shape index (κ1) is 26.3. The Balaban J connectivity index is 1.21. The lowest BCUT2D eigenvalue weighted by molar-refractivity contribution is 0.0663. The Labute approximate surface area is 218 Å². The third-order valence-corrected chi connectivity index (χ3v) is 6.38. The molecule has 1 heterocycles. The van der Waals surface area contributed by atoms with Gasteiger partial charge in [0.05, 0.1) is 14.2 Å². The van der Waals surface area contributed by atoms with Crippen molar-refractivity contribution in [2.24, 2.45) is 0 Å². The molecule has 1 saturated heterocycles. The molecule has 4 rings (SSSR count). The molecule has 1 fully saturated rings. The number of ether oxygens (including phenoxy) is 3. The average Bonchev–Trinajstić information content (AvgIpc) is 2.95. The minimum atomic E-state index is -0.589. The average molecular weight is 503 g/mol. The molecule has 1 unspecified atom stereocenters. The number of β-amino-alcohol motifs (C(OH)–C–C–N with tert-alkyl or cyclic N) is 1. The normalized spacial score (nSPS) is 14.9. The highest BCUT2D eigenvalue weighted by molar-refractivity contribution is 6.06. The Morgan fingerprint density at radius 1 is 0.919 bits per heavy atom. The van der Waals surface area contributed by atoms with Crippen LogP contribution in [0.1, 0.15) is 15.9 Å². The third-order valence-electron chi connectivity index (χ3n) is 6.38. The number of carbonyl (C=O) groups is 1. The summed E-state index contributed by atoms with van der Waals surface area (Å²) in [5.41, 5.74) is 2.63. The van der Waals surface area contributed by atoms with E-state index in [9.17, 15) is 9.90 Å². The Morgan fingerprint density at radius 3 is 2.30 bits per heavy atom. The number of carbonyl (C=O) groups excluding carboxylic acids is 1. The van der Waals surface area contributed by atoms with Gasteiger partial charge < -0.3 is 24.2 Å². The lowest BCUT2D eigenvalue weighted by Gasteiger charge is -2.36. The van der Waals surface area contributed by atoms with Gasteiger partial charge in [-0.3, -0.25) is 9.69 Å². The molecular formula is C30H34N2O5. The molecule has 3 aromatic carbocycles. The van der Waals surface area contributed by atoms with E-state index in [0.29, 0.717) is 29.4 Å². The third kappa shape index (κ3) is 7.35. The lowest BCUT2D eigenvalue weighted by Crippen LogP contribution is -2.49. The SMILES string of the molecule is COc1ccc(/C=C/C(=O)c2ccc(OCC(O)CN3CCN(c4ccccc4)CC3)cc2)cc1OC. The van der Waals surface area contributed by atoms with Crippen molar-refractivity contribution in [2.45, 2.75) is 6.10 Å². The number of hydrogen-bond acceptors (Lipinski definition) is 7. The lowest BCUT2D eigenvalue weighted by atomic mass is 10.1. The van der Waals surface area contributed by atoms with Crippen molar-refractivity contribution in [1.29, 1.82) is 0 Å². The molecule has 0 aliphatic carbocycles. The molecule has 7 nitrogen and oxygen atoms in total. The van der Waals surface area contributed by atoms with Gasteiger partial charge in [-0.15, -0.1) is 0 Å². The molecule has 1 atom stereocenters. The van der Waals surface area contributed by atoms with Crippen LogP contribution in [-0.4, -0.2) is 75.4 Å². The number of aliphatic hydroxyl groups is 1. The number of rotatable bonds is 11. The van der Waals surface area contributed by atoms with E-state index in [0.717, 1.165) is 31.7 Å². The summed E-state index contributed by atoms with van der Waals surface area (Å²) in [6.45, 7) is 4.45. The van der Waals surface area contributed by atoms with Gasteiger partial charge in [0.15, 0.2) is 17.3 Å². The van der Waals surface area contributed by atoms with E-state index in [1.807, 2.05) is 18.2 Å². The number of anilines is 1. The van der Waals surface area contributed by atoms with E-state index in [2.05, 4.69) is 34.1 Å². The molecule has 3 aromatic rings. The zero-order chi connectivity index (χ0) is 26.0. The first-order valence-electron chi connectivity index (χ1n) is 12.4. The molecule has 0 amide bonds. The molecule has 1 aliphatic rings. The first-order chi connectivity index (χ1) is 18.1. The van der Waals surface area contributed by atoms with Crippen molar-refractivity contribution in [2.75, 3.05) is 58.5 Å². The number of piperazine rings is 1. The van der Waals surface area contributed by atoms with Crippen LogP contribution in [-0.2, 0) is 0 Å². The standard InChI is InChI=1S/C30H34N2O5/c1-35-29-15-9-23(20-30(29)36-2)8-14-28(34)24-10-12-27(13-11-24)37-22-26(33)21-31-16-18-32(19-17-31)25-6-4-3-5-7-25/h3-15,20,26,33H,16-19,21-22H2,1-2H3/b14-8+. The Bertz CT molecular complexity index is 1170. The van der Waals surface area contributed by atoms with E-state index in [4.69, 9.17) is 14.2 Å². The second-order valence-corrected chi connectivity index (χ2v) is 8.92. The van der Waals surface area contributed by atoms with Crippen LogP contribution in [0.5, 0.6) is 17.2 Å². The molecule has 0 spiro atoms. The van der Waals surface area contributed by atoms with Crippen molar-refractivity contribution < 1.29 is 24.1 Å². The van der Waals surface area contributed by atoms with Gasteiger partial charge in [-0.1, -0.05) is 30.3 Å². The number of aliphatic hydroxyl groups excluding tert-OH is 1. The molecule has 0 radical (unpaired) electrons. The number of para-hydroxylation sites is 1. The molecule has 7 heteroatoms. The maximum atomic E-state index is 12.6. The molecule has 37 heavy (non-hydrogen) atoms. The number of allylic oxidation sites excluding steroid dienone is 1. The van der Waals surface area contributed by atoms with Gasteiger partial charge >= 0.3 is 0 Å². The van der Waals surface area contributed by atoms with Gasteiger partial charge in [0.2, 0.25) is 0 Å². The van der Waals surface area contributed by atoms with E-state index < -0.39 is 6.10 Å². The van der Waals surface area contributed by atoms with Crippen LogP contribution < -0.4 is 19.1 Å². The number of benzene rings is 3. The second-order valence-electron chi connectivity index (χ2n) is 8.92. The Hall–Kier alpha value is -3.81. The van der Waals surface area contributed by atoms with Crippen molar-refractivity contribution >= 4 is 17.5 Å². The van der Waals surface area contributed by atoms with Crippen LogP contribution in [0.2, 0.25) is 0 Å². The molecule has 1 aliphatic heterocycles. The van der Waals surface area contributed by atoms with Crippen LogP contribution in [0.25, 0.3) is 6.08 Å². The molecule has 0 saturated carbocycles. The smallest absolute Gasteiger partial charge is 0.185 e. The summed E-state index contributed by atoms with van der Waals surface area (Å²) in [7, 11) is 3.16. The van der Waals surface area contributed by atoms with Gasteiger partial charge in [-0.25, -0.2) is 0 Å². The minimum absolute atomic E-state index is 0.115. The van der Waals surface area contributed by atoms with Gasteiger partial charge in [-0.05, 0) is 60.2 Å². The zero-order valence-electron chi connectivity index (χ0n) is 21.4. The van der Waals surface area contributed by atoms with Crippen LogP contribution in [0.15, 0.2) is 78.9 Å². The van der Waals surface area contributed by atoms with E-state index >= 15 is 0 Å². The van der Waals surface area contributed by atoms with E-state index in [1.165, 1.54) is 11.8 Å². The van der Waals surface area contributed by atoms with E-state index in [-0.39, 0.29) is 12.4 Å². The van der Waals surface area contributed by atoms with Crippen molar-refractivity contribution in [3.63, 3.8) is 0 Å². The number of ketones is 1. The topological polar surface area (TPSA) is 71.5 Å². The summed E-state index contributed by atoms with van der Waals surface area (Å²) < 4.78 is 16.3. The molecule has 0 aromatic heterocycles. The van der Waals surface area contributed by atoms with Gasteiger partial charge in [0.25, 0.3) is 0 Å². The van der Waals surface area contributed by atoms with Gasteiger partial charge in [0, 0.05) is 44.0 Å². The van der Waals surface area contributed by atoms with Crippen molar-refractivity contribution in [3.05, 3.63) is 90.0 Å². The molecule has 1 N–H and O–H groups in total. The van der Waals surface area contributed by atoms with Gasteiger partial charge in [-0.2, -0.15) is 0 Å². The second kappa shape index (κ2) is 12.9. The number of nitrogens with zero attached hydrogens (tertiary/aromatic N) is 2. The van der Waals surface area contributed by atoms with E-state index in [1.54, 1.807) is 50.6 Å². The minimum Gasteiger partial charge on any atom is -0.493 e. The number of methoxy groups -OCH3 is 2. The fourth-order valence-electron chi connectivity index (χ4n) is 4.31. The van der Waals surface area contributed by atoms with Crippen molar-refractivity contribution in [3.8, 4) is 17.2 Å². The predicted octanol–water partition coefficient (Wildman–Crippen LogP) is 4.16. The molecular weight excluding hydrogens is 468 g/mol. The first-order valence-corrected chi connectivity index (χ1v) is 12.4. The van der Waals surface area contributed by atoms with Crippen LogP contribution >= 0.6 is 0 Å². The van der Waals surface area contributed by atoms with Crippen LogP contribution in [0.3, 0.4) is 0 Å². The summed E-state index contributed by atoms with van der Waals surface area (Å²) in [6.07, 6.45) is 2.68. The highest BCUT2D eigenvalue weighted by atomic mass is 16.5. The van der Waals surface area contributed by atoms with Crippen LogP contribution in [0, 0.1) is 0 Å². The largest absolute Gasteiger partial charge is 0.493 e. The monoisotopic (exact) mass is 502 g/mol. The highest BCUT2D eigenvalue weighted by Crippen LogP contribution is 2.28.